The maximum absolute atomic E-state index is 12.9. The van der Waals surface area contributed by atoms with Crippen LogP contribution in [0.25, 0.3) is 6.08 Å². The summed E-state index contributed by atoms with van der Waals surface area (Å²) in [7, 11) is 0. The van der Waals surface area contributed by atoms with Crippen LogP contribution in [0.1, 0.15) is 37.8 Å². The number of alkyl halides is 3. The molecule has 0 aliphatic heterocycles. The fraction of sp³-hybridized carbons (Fsp3) is 0.467. The first-order valence-electron chi connectivity index (χ1n) is 6.55. The van der Waals surface area contributed by atoms with Gasteiger partial charge < -0.3 is 5.32 Å². The van der Waals surface area contributed by atoms with Crippen LogP contribution < -0.4 is 5.32 Å². The Kier molecular flexibility index (Phi) is 6.09. The van der Waals surface area contributed by atoms with Crippen molar-refractivity contribution in [1.29, 1.82) is 0 Å². The van der Waals surface area contributed by atoms with Crippen LogP contribution in [-0.2, 0) is 6.18 Å². The first-order valence-corrected chi connectivity index (χ1v) is 6.55. The molecule has 19 heavy (non-hydrogen) atoms. The first-order chi connectivity index (χ1) is 8.99. The Morgan fingerprint density at radius 2 is 1.89 bits per heavy atom. The third kappa shape index (κ3) is 5.07. The molecule has 0 amide bonds. The van der Waals surface area contributed by atoms with Crippen molar-refractivity contribution in [2.75, 3.05) is 13.1 Å². The molecule has 0 saturated heterocycles. The van der Waals surface area contributed by atoms with E-state index in [4.69, 9.17) is 0 Å². The molecule has 0 bridgehead atoms. The highest BCUT2D eigenvalue weighted by Crippen LogP contribution is 2.32. The SMILES string of the molecule is CCCNCC(=Cc1ccccc1C(F)(F)F)CC. The molecular formula is C15H20F3N. The third-order valence-corrected chi connectivity index (χ3v) is 2.86. The predicted molar refractivity (Wildman–Crippen MR) is 72.9 cm³/mol. The van der Waals surface area contributed by atoms with Crippen LogP contribution in [0.4, 0.5) is 13.2 Å². The van der Waals surface area contributed by atoms with Gasteiger partial charge in [-0.2, -0.15) is 13.2 Å². The normalized spacial score (nSPS) is 12.8. The zero-order chi connectivity index (χ0) is 14.3. The van der Waals surface area contributed by atoms with Crippen molar-refractivity contribution in [3.63, 3.8) is 0 Å². The molecule has 1 nitrogen and oxygen atoms in total. The van der Waals surface area contributed by atoms with Gasteiger partial charge in [-0.15, -0.1) is 0 Å². The van der Waals surface area contributed by atoms with Gasteiger partial charge in [-0.25, -0.2) is 0 Å². The summed E-state index contributed by atoms with van der Waals surface area (Å²) in [5.41, 5.74) is 0.645. The zero-order valence-electron chi connectivity index (χ0n) is 11.3. The fourth-order valence-corrected chi connectivity index (χ4v) is 1.80. The molecule has 4 heteroatoms. The van der Waals surface area contributed by atoms with Gasteiger partial charge in [-0.05, 0) is 31.0 Å². The Morgan fingerprint density at radius 3 is 2.47 bits per heavy atom. The molecule has 0 saturated carbocycles. The molecule has 0 aliphatic rings. The molecule has 0 radical (unpaired) electrons. The summed E-state index contributed by atoms with van der Waals surface area (Å²) in [6.45, 7) is 5.52. The van der Waals surface area contributed by atoms with Crippen LogP contribution in [0.15, 0.2) is 29.8 Å². The lowest BCUT2D eigenvalue weighted by Gasteiger charge is -2.12. The molecule has 1 N–H and O–H groups in total. The highest BCUT2D eigenvalue weighted by Gasteiger charge is 2.32. The van der Waals surface area contributed by atoms with E-state index in [1.807, 2.05) is 6.92 Å². The Morgan fingerprint density at radius 1 is 1.21 bits per heavy atom. The molecule has 0 atom stereocenters. The van der Waals surface area contributed by atoms with Crippen molar-refractivity contribution < 1.29 is 13.2 Å². The van der Waals surface area contributed by atoms with Crippen LogP contribution in [0.5, 0.6) is 0 Å². The second-order valence-electron chi connectivity index (χ2n) is 4.42. The minimum atomic E-state index is -4.30. The number of hydrogen-bond donors (Lipinski definition) is 1. The second kappa shape index (κ2) is 7.34. The summed E-state index contributed by atoms with van der Waals surface area (Å²) in [5.74, 6) is 0. The van der Waals surface area contributed by atoms with Crippen molar-refractivity contribution in [2.45, 2.75) is 32.9 Å². The van der Waals surface area contributed by atoms with Crippen molar-refractivity contribution in [1.82, 2.24) is 5.32 Å². The van der Waals surface area contributed by atoms with E-state index >= 15 is 0 Å². The predicted octanol–water partition coefficient (Wildman–Crippen LogP) is 4.50. The van der Waals surface area contributed by atoms with Crippen molar-refractivity contribution in [2.24, 2.45) is 0 Å². The van der Waals surface area contributed by atoms with Crippen molar-refractivity contribution in [3.05, 3.63) is 41.0 Å². The van der Waals surface area contributed by atoms with E-state index < -0.39 is 11.7 Å². The van der Waals surface area contributed by atoms with Gasteiger partial charge in [0, 0.05) is 6.54 Å². The largest absolute Gasteiger partial charge is 0.416 e. The van der Waals surface area contributed by atoms with E-state index in [-0.39, 0.29) is 5.56 Å². The quantitative estimate of drug-likeness (QED) is 0.751. The Bertz CT molecular complexity index is 422. The van der Waals surface area contributed by atoms with E-state index in [1.54, 1.807) is 12.1 Å². The van der Waals surface area contributed by atoms with Gasteiger partial charge in [0.2, 0.25) is 0 Å². The standard InChI is InChI=1S/C15H20F3N/c1-3-9-19-11-12(4-2)10-13-7-5-6-8-14(13)15(16,17)18/h5-8,10,19H,3-4,9,11H2,1-2H3. The smallest absolute Gasteiger partial charge is 0.313 e. The molecular weight excluding hydrogens is 251 g/mol. The number of nitrogens with one attached hydrogen (secondary N) is 1. The molecule has 0 heterocycles. The van der Waals surface area contributed by atoms with E-state index in [0.717, 1.165) is 31.0 Å². The van der Waals surface area contributed by atoms with Crippen LogP contribution in [0.3, 0.4) is 0 Å². The van der Waals surface area contributed by atoms with E-state index in [0.29, 0.717) is 6.54 Å². The van der Waals surface area contributed by atoms with Crippen LogP contribution in [0, 0.1) is 0 Å². The van der Waals surface area contributed by atoms with Gasteiger partial charge in [-0.1, -0.05) is 43.7 Å². The molecule has 1 rings (SSSR count). The highest BCUT2D eigenvalue weighted by molar-refractivity contribution is 5.57. The summed E-state index contributed by atoms with van der Waals surface area (Å²) in [5, 5.41) is 3.21. The average Bonchev–Trinajstić information content (AvgIpc) is 2.37. The van der Waals surface area contributed by atoms with Crippen LogP contribution in [0.2, 0.25) is 0 Å². The summed E-state index contributed by atoms with van der Waals surface area (Å²) >= 11 is 0. The summed E-state index contributed by atoms with van der Waals surface area (Å²) in [6, 6.07) is 5.69. The maximum Gasteiger partial charge on any atom is 0.416 e. The van der Waals surface area contributed by atoms with Crippen molar-refractivity contribution in [3.8, 4) is 0 Å². The van der Waals surface area contributed by atoms with E-state index in [1.165, 1.54) is 12.1 Å². The number of halogens is 3. The molecule has 106 valence electrons. The van der Waals surface area contributed by atoms with Crippen molar-refractivity contribution >= 4 is 6.08 Å². The van der Waals surface area contributed by atoms with Gasteiger partial charge in [0.15, 0.2) is 0 Å². The molecule has 0 aliphatic carbocycles. The zero-order valence-corrected chi connectivity index (χ0v) is 11.3. The van der Waals surface area contributed by atoms with E-state index in [9.17, 15) is 13.2 Å². The molecule has 1 aromatic carbocycles. The lowest BCUT2D eigenvalue weighted by atomic mass is 10.0. The van der Waals surface area contributed by atoms with Gasteiger partial charge in [0.05, 0.1) is 5.56 Å². The Balaban J connectivity index is 2.95. The lowest BCUT2D eigenvalue weighted by Crippen LogP contribution is -2.17. The van der Waals surface area contributed by atoms with Gasteiger partial charge in [-0.3, -0.25) is 0 Å². The van der Waals surface area contributed by atoms with Crippen LogP contribution in [-0.4, -0.2) is 13.1 Å². The topological polar surface area (TPSA) is 12.0 Å². The van der Waals surface area contributed by atoms with Gasteiger partial charge >= 0.3 is 6.18 Å². The summed E-state index contributed by atoms with van der Waals surface area (Å²) in [6.07, 6.45) is -0.909. The first kappa shape index (κ1) is 15.8. The minimum Gasteiger partial charge on any atom is -0.313 e. The summed E-state index contributed by atoms with van der Waals surface area (Å²) in [4.78, 5) is 0. The third-order valence-electron chi connectivity index (χ3n) is 2.86. The van der Waals surface area contributed by atoms with Gasteiger partial charge in [0.1, 0.15) is 0 Å². The molecule has 0 aromatic heterocycles. The number of benzene rings is 1. The summed E-state index contributed by atoms with van der Waals surface area (Å²) < 4.78 is 38.6. The highest BCUT2D eigenvalue weighted by atomic mass is 19.4. The van der Waals surface area contributed by atoms with Crippen LogP contribution >= 0.6 is 0 Å². The maximum atomic E-state index is 12.9. The Hall–Kier alpha value is -1.29. The molecule has 0 fully saturated rings. The van der Waals surface area contributed by atoms with Gasteiger partial charge in [0.25, 0.3) is 0 Å². The number of rotatable bonds is 6. The van der Waals surface area contributed by atoms with E-state index in [2.05, 4.69) is 12.2 Å². The Labute approximate surface area is 112 Å². The molecule has 1 aromatic rings. The molecule has 0 spiro atoms. The molecule has 0 unspecified atom stereocenters. The second-order valence-corrected chi connectivity index (χ2v) is 4.42. The lowest BCUT2D eigenvalue weighted by molar-refractivity contribution is -0.137. The monoisotopic (exact) mass is 271 g/mol. The number of hydrogen-bond acceptors (Lipinski definition) is 1. The fourth-order valence-electron chi connectivity index (χ4n) is 1.80. The minimum absolute atomic E-state index is 0.241. The average molecular weight is 271 g/mol.